The molecule has 0 spiro atoms. The Morgan fingerprint density at radius 2 is 2.05 bits per heavy atom. The molecule has 4 nitrogen and oxygen atoms in total. The van der Waals surface area contributed by atoms with Gasteiger partial charge in [-0.15, -0.1) is 13.2 Å². The van der Waals surface area contributed by atoms with Gasteiger partial charge < -0.3 is 10.2 Å². The maximum Gasteiger partial charge on any atom is 0.267 e. The van der Waals surface area contributed by atoms with E-state index in [9.17, 15) is 10.1 Å². The third-order valence-corrected chi connectivity index (χ3v) is 3.51. The van der Waals surface area contributed by atoms with Crippen LogP contribution in [0.15, 0.2) is 55.3 Å². The van der Waals surface area contributed by atoms with Crippen molar-refractivity contribution in [3.8, 4) is 6.07 Å². The number of benzene rings is 1. The fourth-order valence-corrected chi connectivity index (χ4v) is 2.44. The second-order valence-corrected chi connectivity index (χ2v) is 5.84. The van der Waals surface area contributed by atoms with Crippen molar-refractivity contribution in [1.82, 2.24) is 4.90 Å². The molecule has 0 bridgehead atoms. The number of aryl methyl sites for hydroxylation is 1. The van der Waals surface area contributed by atoms with E-state index in [-0.39, 0.29) is 5.57 Å². The van der Waals surface area contributed by atoms with Gasteiger partial charge in [0.2, 0.25) is 0 Å². The zero-order chi connectivity index (χ0) is 16.5. The van der Waals surface area contributed by atoms with Crippen LogP contribution in [0.1, 0.15) is 5.56 Å². The Labute approximate surface area is 145 Å². The Morgan fingerprint density at radius 3 is 2.55 bits per heavy atom. The SMILES string of the molecule is C=CCN(/C=C(/C#N)C(=O)Nc1ccc(I)cc1C)CC=C. The fraction of sp³-hybridized carbons (Fsp3) is 0.176. The molecule has 0 fully saturated rings. The first-order chi connectivity index (χ1) is 10.5. The van der Waals surface area contributed by atoms with Crippen molar-refractivity contribution in [3.63, 3.8) is 0 Å². The number of halogens is 1. The molecule has 1 rings (SSSR count). The predicted octanol–water partition coefficient (Wildman–Crippen LogP) is 3.62. The molecule has 0 saturated heterocycles. The molecule has 0 saturated carbocycles. The lowest BCUT2D eigenvalue weighted by molar-refractivity contribution is -0.112. The van der Waals surface area contributed by atoms with E-state index in [1.807, 2.05) is 31.2 Å². The van der Waals surface area contributed by atoms with Gasteiger partial charge in [0, 0.05) is 28.5 Å². The van der Waals surface area contributed by atoms with Gasteiger partial charge in [-0.05, 0) is 53.3 Å². The number of hydrogen-bond acceptors (Lipinski definition) is 3. The first-order valence-corrected chi connectivity index (χ1v) is 7.75. The fourth-order valence-electron chi connectivity index (χ4n) is 1.79. The Bertz CT molecular complexity index is 634. The summed E-state index contributed by atoms with van der Waals surface area (Å²) >= 11 is 2.21. The molecule has 1 aromatic rings. The van der Waals surface area contributed by atoms with E-state index in [1.165, 1.54) is 6.20 Å². The van der Waals surface area contributed by atoms with Crippen molar-refractivity contribution in [3.05, 3.63) is 64.4 Å². The van der Waals surface area contributed by atoms with Gasteiger partial charge in [-0.25, -0.2) is 0 Å². The largest absolute Gasteiger partial charge is 0.369 e. The summed E-state index contributed by atoms with van der Waals surface area (Å²) in [5, 5.41) is 12.0. The standard InChI is InChI=1S/C17H18IN3O/c1-4-8-21(9-5-2)12-14(11-19)17(22)20-16-7-6-15(18)10-13(16)3/h4-7,10,12H,1-2,8-9H2,3H3,(H,20,22)/b14-12-. The van der Waals surface area contributed by atoms with Gasteiger partial charge in [-0.2, -0.15) is 5.26 Å². The number of carbonyl (C=O) groups excluding carboxylic acids is 1. The zero-order valence-corrected chi connectivity index (χ0v) is 14.6. The number of carbonyl (C=O) groups is 1. The summed E-state index contributed by atoms with van der Waals surface area (Å²) in [6.45, 7) is 10.3. The molecule has 0 heterocycles. The smallest absolute Gasteiger partial charge is 0.267 e. The van der Waals surface area contributed by atoms with Crippen LogP contribution in [0.25, 0.3) is 0 Å². The van der Waals surface area contributed by atoms with Gasteiger partial charge in [-0.3, -0.25) is 4.79 Å². The average Bonchev–Trinajstić information content (AvgIpc) is 2.47. The highest BCUT2D eigenvalue weighted by atomic mass is 127. The van der Waals surface area contributed by atoms with Crippen molar-refractivity contribution >= 4 is 34.2 Å². The van der Waals surface area contributed by atoms with Crippen LogP contribution in [0.4, 0.5) is 5.69 Å². The van der Waals surface area contributed by atoms with Crippen LogP contribution in [-0.4, -0.2) is 23.9 Å². The normalized spacial score (nSPS) is 10.5. The van der Waals surface area contributed by atoms with E-state index >= 15 is 0 Å². The van der Waals surface area contributed by atoms with Crippen LogP contribution in [0.5, 0.6) is 0 Å². The van der Waals surface area contributed by atoms with Crippen LogP contribution in [0.2, 0.25) is 0 Å². The highest BCUT2D eigenvalue weighted by Crippen LogP contribution is 2.18. The molecule has 0 atom stereocenters. The number of nitrogens with zero attached hydrogens (tertiary/aromatic N) is 2. The average molecular weight is 407 g/mol. The number of nitriles is 1. The monoisotopic (exact) mass is 407 g/mol. The molecule has 1 amide bonds. The summed E-state index contributed by atoms with van der Waals surface area (Å²) in [4.78, 5) is 14.0. The zero-order valence-electron chi connectivity index (χ0n) is 12.5. The van der Waals surface area contributed by atoms with E-state index in [0.29, 0.717) is 18.8 Å². The molecule has 0 unspecified atom stereocenters. The molecule has 0 aliphatic heterocycles. The number of rotatable bonds is 7. The highest BCUT2D eigenvalue weighted by molar-refractivity contribution is 14.1. The van der Waals surface area contributed by atoms with Gasteiger partial charge in [-0.1, -0.05) is 12.2 Å². The van der Waals surface area contributed by atoms with E-state index in [1.54, 1.807) is 17.1 Å². The van der Waals surface area contributed by atoms with Crippen molar-refractivity contribution in [1.29, 1.82) is 5.26 Å². The molecule has 22 heavy (non-hydrogen) atoms. The minimum absolute atomic E-state index is 0.0432. The Balaban J connectivity index is 2.94. The quantitative estimate of drug-likeness (QED) is 0.325. The van der Waals surface area contributed by atoms with Gasteiger partial charge in [0.15, 0.2) is 0 Å². The Kier molecular flexibility index (Phi) is 7.40. The lowest BCUT2D eigenvalue weighted by Gasteiger charge is -2.16. The van der Waals surface area contributed by atoms with Crippen LogP contribution >= 0.6 is 22.6 Å². The van der Waals surface area contributed by atoms with Crippen LogP contribution in [0.3, 0.4) is 0 Å². The van der Waals surface area contributed by atoms with E-state index < -0.39 is 5.91 Å². The minimum atomic E-state index is -0.426. The van der Waals surface area contributed by atoms with E-state index in [4.69, 9.17) is 0 Å². The summed E-state index contributed by atoms with van der Waals surface area (Å²) < 4.78 is 1.09. The summed E-state index contributed by atoms with van der Waals surface area (Å²) in [6.07, 6.45) is 4.94. The highest BCUT2D eigenvalue weighted by Gasteiger charge is 2.12. The van der Waals surface area contributed by atoms with Gasteiger partial charge in [0.05, 0.1) is 0 Å². The molecular weight excluding hydrogens is 389 g/mol. The maximum atomic E-state index is 12.2. The number of hydrogen-bond donors (Lipinski definition) is 1. The second kappa shape index (κ2) is 9.05. The molecule has 0 radical (unpaired) electrons. The van der Waals surface area contributed by atoms with Gasteiger partial charge >= 0.3 is 0 Å². The van der Waals surface area contributed by atoms with Crippen LogP contribution in [-0.2, 0) is 4.79 Å². The van der Waals surface area contributed by atoms with Crippen LogP contribution in [0, 0.1) is 21.8 Å². The maximum absolute atomic E-state index is 12.2. The number of nitrogens with one attached hydrogen (secondary N) is 1. The molecule has 0 aliphatic carbocycles. The Morgan fingerprint density at radius 1 is 1.41 bits per heavy atom. The molecule has 1 aromatic carbocycles. The second-order valence-electron chi connectivity index (χ2n) is 4.60. The van der Waals surface area contributed by atoms with E-state index in [0.717, 1.165) is 9.13 Å². The van der Waals surface area contributed by atoms with Crippen molar-refractivity contribution < 1.29 is 4.79 Å². The topological polar surface area (TPSA) is 56.1 Å². The molecule has 0 aliphatic rings. The molecule has 5 heteroatoms. The first kappa shape index (κ1) is 18.0. The van der Waals surface area contributed by atoms with E-state index in [2.05, 4.69) is 41.1 Å². The van der Waals surface area contributed by atoms with Gasteiger partial charge in [0.1, 0.15) is 11.6 Å². The molecular formula is C17H18IN3O. The van der Waals surface area contributed by atoms with Crippen molar-refractivity contribution in [2.45, 2.75) is 6.92 Å². The third kappa shape index (κ3) is 5.37. The first-order valence-electron chi connectivity index (χ1n) is 6.67. The van der Waals surface area contributed by atoms with Gasteiger partial charge in [0.25, 0.3) is 5.91 Å². The lowest BCUT2D eigenvalue weighted by Crippen LogP contribution is -2.21. The summed E-state index contributed by atoms with van der Waals surface area (Å²) in [6, 6.07) is 7.64. The van der Waals surface area contributed by atoms with Crippen LogP contribution < -0.4 is 5.32 Å². The minimum Gasteiger partial charge on any atom is -0.369 e. The summed E-state index contributed by atoms with van der Waals surface area (Å²) in [5.41, 5.74) is 1.69. The molecule has 114 valence electrons. The lowest BCUT2D eigenvalue weighted by atomic mass is 10.2. The van der Waals surface area contributed by atoms with Crippen molar-refractivity contribution in [2.75, 3.05) is 18.4 Å². The number of anilines is 1. The summed E-state index contributed by atoms with van der Waals surface area (Å²) in [5.74, 6) is -0.426. The predicted molar refractivity (Wildman–Crippen MR) is 98.2 cm³/mol. The van der Waals surface area contributed by atoms with Crippen molar-refractivity contribution in [2.24, 2.45) is 0 Å². The Hall–Kier alpha value is -2.07. The number of amides is 1. The third-order valence-electron chi connectivity index (χ3n) is 2.84. The summed E-state index contributed by atoms with van der Waals surface area (Å²) in [7, 11) is 0. The molecule has 1 N–H and O–H groups in total. The molecule has 0 aromatic heterocycles.